The van der Waals surface area contributed by atoms with E-state index >= 15 is 0 Å². The zero-order valence-corrected chi connectivity index (χ0v) is 11.2. The predicted molar refractivity (Wildman–Crippen MR) is 69.7 cm³/mol. The van der Waals surface area contributed by atoms with Gasteiger partial charge in [-0.15, -0.1) is 11.3 Å². The first-order valence-corrected chi connectivity index (χ1v) is 6.81. The highest BCUT2D eigenvalue weighted by atomic mass is 79.9. The van der Waals surface area contributed by atoms with Crippen LogP contribution in [0.15, 0.2) is 20.9 Å². The van der Waals surface area contributed by atoms with E-state index in [1.54, 1.807) is 11.3 Å². The van der Waals surface area contributed by atoms with Crippen molar-refractivity contribution in [2.24, 2.45) is 10.7 Å². The summed E-state index contributed by atoms with van der Waals surface area (Å²) in [7, 11) is 0. The first-order valence-electron chi connectivity index (χ1n) is 5.13. The van der Waals surface area contributed by atoms with Crippen LogP contribution in [0.2, 0.25) is 0 Å². The fraction of sp³-hybridized carbons (Fsp3) is 0.545. The number of hydrogen-bond acceptors (Lipinski definition) is 3. The van der Waals surface area contributed by atoms with Crippen molar-refractivity contribution in [3.05, 3.63) is 20.8 Å². The Balaban J connectivity index is 2.12. The summed E-state index contributed by atoms with van der Waals surface area (Å²) < 4.78 is 1.12. The Morgan fingerprint density at radius 2 is 2.47 bits per heavy atom. The van der Waals surface area contributed by atoms with E-state index in [1.165, 1.54) is 17.0 Å². The smallest absolute Gasteiger partial charge is 0.0528 e. The van der Waals surface area contributed by atoms with Crippen LogP contribution >= 0.6 is 27.3 Å². The maximum atomic E-state index is 6.34. The number of nitrogens with two attached hydrogens (primary N) is 1. The molecule has 0 unspecified atom stereocenters. The van der Waals surface area contributed by atoms with Gasteiger partial charge in [0, 0.05) is 33.4 Å². The molecular weight excluding hydrogens is 272 g/mol. The molecule has 0 fully saturated rings. The normalized spacial score (nSPS) is 20.1. The molecule has 0 bridgehead atoms. The van der Waals surface area contributed by atoms with Gasteiger partial charge in [0.25, 0.3) is 0 Å². The number of nitrogens with zero attached hydrogens (tertiary/aromatic N) is 1. The first kappa shape index (κ1) is 11.3. The van der Waals surface area contributed by atoms with Gasteiger partial charge in [-0.2, -0.15) is 0 Å². The summed E-state index contributed by atoms with van der Waals surface area (Å²) in [5, 5.41) is 2.08. The Hall–Kier alpha value is -0.190. The Morgan fingerprint density at radius 1 is 1.67 bits per heavy atom. The molecule has 1 aliphatic heterocycles. The summed E-state index contributed by atoms with van der Waals surface area (Å²) in [5.74, 6) is 0. The zero-order chi connectivity index (χ0) is 10.9. The van der Waals surface area contributed by atoms with Gasteiger partial charge in [-0.3, -0.25) is 4.99 Å². The Labute approximate surface area is 103 Å². The molecule has 0 amide bonds. The Morgan fingerprint density at radius 3 is 3.00 bits per heavy atom. The molecular formula is C11H15BrN2S. The van der Waals surface area contributed by atoms with Gasteiger partial charge in [0.05, 0.1) is 5.54 Å². The minimum Gasteiger partial charge on any atom is -0.321 e. The van der Waals surface area contributed by atoms with Crippen molar-refractivity contribution in [2.75, 3.05) is 6.54 Å². The average Bonchev–Trinajstić information content (AvgIpc) is 2.75. The molecule has 2 heterocycles. The second-order valence-corrected chi connectivity index (χ2v) is 6.10. The highest BCUT2D eigenvalue weighted by Gasteiger charge is 2.26. The topological polar surface area (TPSA) is 38.4 Å². The van der Waals surface area contributed by atoms with Crippen LogP contribution in [-0.2, 0) is 5.54 Å². The fourth-order valence-electron chi connectivity index (χ4n) is 1.87. The van der Waals surface area contributed by atoms with Crippen LogP contribution in [0.4, 0.5) is 0 Å². The van der Waals surface area contributed by atoms with Crippen molar-refractivity contribution >= 4 is 33.0 Å². The second-order valence-electron chi connectivity index (χ2n) is 4.27. The Kier molecular flexibility index (Phi) is 3.28. The summed E-state index contributed by atoms with van der Waals surface area (Å²) in [4.78, 5) is 5.71. The van der Waals surface area contributed by atoms with Gasteiger partial charge < -0.3 is 5.73 Å². The molecule has 4 heteroatoms. The summed E-state index contributed by atoms with van der Waals surface area (Å²) >= 11 is 5.17. The van der Waals surface area contributed by atoms with E-state index in [0.717, 1.165) is 23.9 Å². The lowest BCUT2D eigenvalue weighted by Crippen LogP contribution is -2.34. The molecule has 0 radical (unpaired) electrons. The van der Waals surface area contributed by atoms with E-state index in [9.17, 15) is 0 Å². The number of hydrogen-bond donors (Lipinski definition) is 1. The maximum Gasteiger partial charge on any atom is 0.0528 e. The van der Waals surface area contributed by atoms with E-state index in [1.807, 2.05) is 0 Å². The third-order valence-corrected chi connectivity index (χ3v) is 4.63. The predicted octanol–water partition coefficient (Wildman–Crippen LogP) is 3.31. The minimum atomic E-state index is -0.264. The van der Waals surface area contributed by atoms with Crippen molar-refractivity contribution < 1.29 is 0 Å². The molecule has 0 aromatic carbocycles. The summed E-state index contributed by atoms with van der Waals surface area (Å²) in [6.45, 7) is 3.08. The van der Waals surface area contributed by atoms with Crippen LogP contribution in [-0.4, -0.2) is 12.3 Å². The number of aliphatic imine (C=N–C) groups is 1. The van der Waals surface area contributed by atoms with Gasteiger partial charge in [-0.25, -0.2) is 0 Å². The van der Waals surface area contributed by atoms with Crippen LogP contribution in [0.5, 0.6) is 0 Å². The van der Waals surface area contributed by atoms with Crippen molar-refractivity contribution in [3.63, 3.8) is 0 Å². The van der Waals surface area contributed by atoms with E-state index in [0.29, 0.717) is 0 Å². The molecule has 2 rings (SSSR count). The van der Waals surface area contributed by atoms with Gasteiger partial charge >= 0.3 is 0 Å². The molecule has 1 aromatic heterocycles. The van der Waals surface area contributed by atoms with Crippen molar-refractivity contribution in [1.82, 2.24) is 0 Å². The largest absolute Gasteiger partial charge is 0.321 e. The lowest BCUT2D eigenvalue weighted by atomic mass is 9.93. The van der Waals surface area contributed by atoms with Gasteiger partial charge in [0.15, 0.2) is 0 Å². The van der Waals surface area contributed by atoms with Gasteiger partial charge in [-0.05, 0) is 41.8 Å². The van der Waals surface area contributed by atoms with Crippen molar-refractivity contribution in [1.29, 1.82) is 0 Å². The molecule has 1 aliphatic rings. The quantitative estimate of drug-likeness (QED) is 0.910. The average molecular weight is 287 g/mol. The lowest BCUT2D eigenvalue weighted by Gasteiger charge is -2.23. The van der Waals surface area contributed by atoms with Crippen LogP contribution in [0, 0.1) is 0 Å². The fourth-order valence-corrected chi connectivity index (χ4v) is 3.37. The van der Waals surface area contributed by atoms with Gasteiger partial charge in [-0.1, -0.05) is 0 Å². The minimum absolute atomic E-state index is 0.264. The van der Waals surface area contributed by atoms with Crippen molar-refractivity contribution in [3.8, 4) is 0 Å². The molecule has 1 aromatic rings. The number of thiophene rings is 1. The van der Waals surface area contributed by atoms with E-state index in [2.05, 4.69) is 39.3 Å². The molecule has 0 aliphatic carbocycles. The Bertz CT molecular complexity index is 382. The zero-order valence-electron chi connectivity index (χ0n) is 8.79. The van der Waals surface area contributed by atoms with Gasteiger partial charge in [0.1, 0.15) is 0 Å². The second kappa shape index (κ2) is 4.36. The van der Waals surface area contributed by atoms with Crippen LogP contribution in [0.1, 0.15) is 31.1 Å². The molecule has 15 heavy (non-hydrogen) atoms. The first-order chi connectivity index (χ1) is 7.08. The molecule has 1 atom stereocenters. The molecule has 0 saturated heterocycles. The van der Waals surface area contributed by atoms with Crippen LogP contribution in [0.3, 0.4) is 0 Å². The lowest BCUT2D eigenvalue weighted by molar-refractivity contribution is 0.525. The number of halogens is 1. The summed E-state index contributed by atoms with van der Waals surface area (Å²) in [6.07, 6.45) is 3.21. The van der Waals surface area contributed by atoms with Crippen LogP contribution < -0.4 is 5.73 Å². The summed E-state index contributed by atoms with van der Waals surface area (Å²) in [5.41, 5.74) is 7.36. The SMILES string of the molecule is C[C@](N)(CC1=NCCC1)c1cc(Br)cs1. The van der Waals surface area contributed by atoms with E-state index in [4.69, 9.17) is 5.73 Å². The van der Waals surface area contributed by atoms with Gasteiger partial charge in [0.2, 0.25) is 0 Å². The highest BCUT2D eigenvalue weighted by Crippen LogP contribution is 2.31. The molecule has 2 nitrogen and oxygen atoms in total. The van der Waals surface area contributed by atoms with E-state index in [-0.39, 0.29) is 5.54 Å². The van der Waals surface area contributed by atoms with E-state index < -0.39 is 0 Å². The third-order valence-electron chi connectivity index (χ3n) is 2.66. The third kappa shape index (κ3) is 2.68. The molecule has 0 spiro atoms. The molecule has 82 valence electrons. The van der Waals surface area contributed by atoms with Crippen LogP contribution in [0.25, 0.3) is 0 Å². The number of rotatable bonds is 3. The van der Waals surface area contributed by atoms with Crippen molar-refractivity contribution in [2.45, 2.75) is 31.7 Å². The molecule has 2 N–H and O–H groups in total. The maximum absolute atomic E-state index is 6.34. The standard InChI is InChI=1S/C11H15BrN2S/c1-11(13,6-9-3-2-4-14-9)10-5-8(12)7-15-10/h5,7H,2-4,6,13H2,1H3/t11-/m0/s1. The monoisotopic (exact) mass is 286 g/mol. The highest BCUT2D eigenvalue weighted by molar-refractivity contribution is 9.10. The molecule has 0 saturated carbocycles. The summed E-state index contributed by atoms with van der Waals surface area (Å²) in [6, 6.07) is 2.11.